The summed E-state index contributed by atoms with van der Waals surface area (Å²) < 4.78 is 5.67. The van der Waals surface area contributed by atoms with Crippen LogP contribution in [0.1, 0.15) is 24.8 Å². The molecule has 16 heavy (non-hydrogen) atoms. The molecule has 3 nitrogen and oxygen atoms in total. The topological polar surface area (TPSA) is 50.1 Å². The van der Waals surface area contributed by atoms with Crippen LogP contribution in [0.25, 0.3) is 0 Å². The Morgan fingerprint density at radius 3 is 2.81 bits per heavy atom. The van der Waals surface area contributed by atoms with Crippen LogP contribution in [0.2, 0.25) is 0 Å². The number of carbonyl (C=O) groups excluding carboxylic acids is 1. The van der Waals surface area contributed by atoms with Gasteiger partial charge in [0.05, 0.1) is 25.0 Å². The lowest BCUT2D eigenvalue weighted by Crippen LogP contribution is -2.09. The lowest BCUT2D eigenvalue weighted by Gasteiger charge is -2.10. The Morgan fingerprint density at radius 1 is 1.56 bits per heavy atom. The van der Waals surface area contributed by atoms with E-state index in [2.05, 4.69) is 22.0 Å². The molecule has 0 heterocycles. The normalized spacial score (nSPS) is 11.6. The highest BCUT2D eigenvalue weighted by atomic mass is 79.9. The molecule has 1 aromatic carbocycles. The molecular weight excluding hydrogens is 270 g/mol. The largest absolute Gasteiger partial charge is 0.466 e. The third kappa shape index (κ3) is 3.35. The molecule has 0 aliphatic heterocycles. The van der Waals surface area contributed by atoms with Crippen LogP contribution in [0.15, 0.2) is 28.7 Å². The number of halogens is 1. The zero-order valence-electron chi connectivity index (χ0n) is 8.94. The number of benzene rings is 1. The molecule has 0 bridgehead atoms. The number of hydrogen-bond acceptors (Lipinski definition) is 3. The number of hydrogen-bond donors (Lipinski definition) is 0. The van der Waals surface area contributed by atoms with Gasteiger partial charge in [0.1, 0.15) is 0 Å². The maximum absolute atomic E-state index is 11.3. The van der Waals surface area contributed by atoms with E-state index in [1.54, 1.807) is 6.92 Å². The van der Waals surface area contributed by atoms with E-state index in [1.165, 1.54) is 0 Å². The second-order valence-corrected chi connectivity index (χ2v) is 4.07. The average molecular weight is 282 g/mol. The highest BCUT2D eigenvalue weighted by molar-refractivity contribution is 9.10. The quantitative estimate of drug-likeness (QED) is 0.797. The maximum Gasteiger partial charge on any atom is 0.307 e. The van der Waals surface area contributed by atoms with Crippen molar-refractivity contribution in [2.75, 3.05) is 6.61 Å². The summed E-state index contributed by atoms with van der Waals surface area (Å²) in [6.45, 7) is 2.09. The molecule has 0 spiro atoms. The van der Waals surface area contributed by atoms with Crippen LogP contribution in [0.3, 0.4) is 0 Å². The molecular formula is C12H12BrNO2. The van der Waals surface area contributed by atoms with E-state index in [0.717, 1.165) is 10.0 Å². The van der Waals surface area contributed by atoms with Crippen molar-refractivity contribution in [1.82, 2.24) is 0 Å². The first kappa shape index (κ1) is 12.7. The van der Waals surface area contributed by atoms with Gasteiger partial charge in [-0.05, 0) is 18.6 Å². The second-order valence-electron chi connectivity index (χ2n) is 3.21. The number of esters is 1. The van der Waals surface area contributed by atoms with Crippen LogP contribution in [0.5, 0.6) is 0 Å². The summed E-state index contributed by atoms with van der Waals surface area (Å²) in [6, 6.07) is 9.51. The Kier molecular flexibility index (Phi) is 5.00. The summed E-state index contributed by atoms with van der Waals surface area (Å²) in [4.78, 5) is 11.3. The smallest absolute Gasteiger partial charge is 0.307 e. The maximum atomic E-state index is 11.3. The van der Waals surface area contributed by atoms with Crippen molar-refractivity contribution in [2.24, 2.45) is 0 Å². The summed E-state index contributed by atoms with van der Waals surface area (Å²) in [6.07, 6.45) is 0.0902. The van der Waals surface area contributed by atoms with Crippen LogP contribution in [-0.4, -0.2) is 12.6 Å². The van der Waals surface area contributed by atoms with E-state index < -0.39 is 5.92 Å². The molecule has 1 atom stereocenters. The number of rotatable bonds is 4. The van der Waals surface area contributed by atoms with Gasteiger partial charge in [0.15, 0.2) is 0 Å². The summed E-state index contributed by atoms with van der Waals surface area (Å²) in [5, 5.41) is 9.04. The lowest BCUT2D eigenvalue weighted by atomic mass is 9.97. The van der Waals surface area contributed by atoms with E-state index in [4.69, 9.17) is 10.00 Å². The van der Waals surface area contributed by atoms with Crippen LogP contribution in [-0.2, 0) is 9.53 Å². The molecule has 4 heteroatoms. The van der Waals surface area contributed by atoms with Crippen LogP contribution >= 0.6 is 15.9 Å². The monoisotopic (exact) mass is 281 g/mol. The molecule has 1 aromatic rings. The van der Waals surface area contributed by atoms with Gasteiger partial charge in [-0.2, -0.15) is 5.26 Å². The minimum atomic E-state index is -0.463. The standard InChI is InChI=1S/C12H12BrNO2/c1-2-16-12(15)7-9(8-14)10-5-3-4-6-11(10)13/h3-6,9H,2,7H2,1H3/t9-/m0/s1. The third-order valence-electron chi connectivity index (χ3n) is 2.11. The number of ether oxygens (including phenoxy) is 1. The fourth-order valence-electron chi connectivity index (χ4n) is 1.37. The van der Waals surface area contributed by atoms with Crippen molar-refractivity contribution in [3.63, 3.8) is 0 Å². The van der Waals surface area contributed by atoms with E-state index in [-0.39, 0.29) is 12.4 Å². The van der Waals surface area contributed by atoms with Crippen molar-refractivity contribution in [2.45, 2.75) is 19.3 Å². The van der Waals surface area contributed by atoms with Gasteiger partial charge in [0, 0.05) is 4.47 Å². The molecule has 0 radical (unpaired) electrons. The SMILES string of the molecule is CCOC(=O)C[C@@H](C#N)c1ccccc1Br. The fourth-order valence-corrected chi connectivity index (χ4v) is 1.93. The first-order valence-electron chi connectivity index (χ1n) is 4.98. The predicted octanol–water partition coefficient (Wildman–Crippen LogP) is 3.01. The third-order valence-corrected chi connectivity index (χ3v) is 2.83. The van der Waals surface area contributed by atoms with Gasteiger partial charge in [-0.3, -0.25) is 4.79 Å². The van der Waals surface area contributed by atoms with Gasteiger partial charge >= 0.3 is 5.97 Å². The fraction of sp³-hybridized carbons (Fsp3) is 0.333. The van der Waals surface area contributed by atoms with Gasteiger partial charge in [0.25, 0.3) is 0 Å². The number of carbonyl (C=O) groups is 1. The summed E-state index contributed by atoms with van der Waals surface area (Å²) in [5.41, 5.74) is 0.818. The van der Waals surface area contributed by atoms with Crippen molar-refractivity contribution in [3.8, 4) is 6.07 Å². The van der Waals surface area contributed by atoms with Gasteiger partial charge in [-0.25, -0.2) is 0 Å². The Morgan fingerprint density at radius 2 is 2.25 bits per heavy atom. The predicted molar refractivity (Wildman–Crippen MR) is 63.7 cm³/mol. The minimum Gasteiger partial charge on any atom is -0.466 e. The summed E-state index contributed by atoms with van der Waals surface area (Å²) >= 11 is 3.36. The van der Waals surface area contributed by atoms with Crippen LogP contribution in [0, 0.1) is 11.3 Å². The van der Waals surface area contributed by atoms with E-state index in [1.807, 2.05) is 24.3 Å². The Balaban J connectivity index is 2.80. The Bertz CT molecular complexity index is 412. The molecule has 0 saturated heterocycles. The second kappa shape index (κ2) is 6.29. The lowest BCUT2D eigenvalue weighted by molar-refractivity contribution is -0.143. The molecule has 0 fully saturated rings. The molecule has 0 amide bonds. The van der Waals surface area contributed by atoms with Crippen LogP contribution < -0.4 is 0 Å². The molecule has 0 aromatic heterocycles. The van der Waals surface area contributed by atoms with E-state index in [9.17, 15) is 4.79 Å². The van der Waals surface area contributed by atoms with Crippen molar-refractivity contribution in [3.05, 3.63) is 34.3 Å². The molecule has 1 rings (SSSR count). The molecule has 0 saturated carbocycles. The zero-order valence-corrected chi connectivity index (χ0v) is 10.5. The van der Waals surface area contributed by atoms with Gasteiger partial charge in [-0.15, -0.1) is 0 Å². The van der Waals surface area contributed by atoms with Gasteiger partial charge in [-0.1, -0.05) is 34.1 Å². The molecule has 0 aliphatic rings. The molecule has 84 valence electrons. The highest BCUT2D eigenvalue weighted by Crippen LogP contribution is 2.26. The van der Waals surface area contributed by atoms with Gasteiger partial charge in [0.2, 0.25) is 0 Å². The van der Waals surface area contributed by atoms with E-state index in [0.29, 0.717) is 6.61 Å². The van der Waals surface area contributed by atoms with Gasteiger partial charge < -0.3 is 4.74 Å². The zero-order chi connectivity index (χ0) is 12.0. The van der Waals surface area contributed by atoms with Crippen molar-refractivity contribution >= 4 is 21.9 Å². The first-order valence-corrected chi connectivity index (χ1v) is 5.78. The summed E-state index contributed by atoms with van der Waals surface area (Å²) in [5.74, 6) is -0.806. The molecule has 0 unspecified atom stereocenters. The first-order chi connectivity index (χ1) is 7.69. The average Bonchev–Trinajstić information content (AvgIpc) is 2.27. The highest BCUT2D eigenvalue weighted by Gasteiger charge is 2.18. The molecule has 0 aliphatic carbocycles. The Hall–Kier alpha value is -1.34. The Labute approximate surface area is 103 Å². The number of nitriles is 1. The van der Waals surface area contributed by atoms with Crippen LogP contribution in [0.4, 0.5) is 0 Å². The summed E-state index contributed by atoms with van der Waals surface area (Å²) in [7, 11) is 0. The number of nitrogens with zero attached hydrogens (tertiary/aromatic N) is 1. The van der Waals surface area contributed by atoms with Crippen molar-refractivity contribution in [1.29, 1.82) is 5.26 Å². The van der Waals surface area contributed by atoms with E-state index >= 15 is 0 Å². The van der Waals surface area contributed by atoms with Crippen molar-refractivity contribution < 1.29 is 9.53 Å². The minimum absolute atomic E-state index is 0.0902. The molecule has 0 N–H and O–H groups in total.